The molecule has 72 valence electrons. The molecule has 1 aliphatic heterocycles. The van der Waals surface area contributed by atoms with Crippen LogP contribution in [0.2, 0.25) is 0 Å². The van der Waals surface area contributed by atoms with Crippen LogP contribution in [0.1, 0.15) is 19.8 Å². The molecule has 1 fully saturated rings. The molecule has 1 saturated heterocycles. The first-order valence-electron chi connectivity index (χ1n) is 4.75. The SMILES string of the molecule is C[C@@H]1[C@H](CO)CCCN1CCO. The summed E-state index contributed by atoms with van der Waals surface area (Å²) in [5, 5.41) is 17.8. The number of rotatable bonds is 3. The lowest BCUT2D eigenvalue weighted by Crippen LogP contribution is -2.45. The van der Waals surface area contributed by atoms with Crippen LogP contribution < -0.4 is 0 Å². The second kappa shape index (κ2) is 4.80. The molecule has 2 N–H and O–H groups in total. The van der Waals surface area contributed by atoms with E-state index >= 15 is 0 Å². The fraction of sp³-hybridized carbons (Fsp3) is 1.00. The summed E-state index contributed by atoms with van der Waals surface area (Å²) >= 11 is 0. The predicted octanol–water partition coefficient (Wildman–Crippen LogP) is 0.0715. The van der Waals surface area contributed by atoms with Gasteiger partial charge in [0.1, 0.15) is 0 Å². The molecule has 0 bridgehead atoms. The summed E-state index contributed by atoms with van der Waals surface area (Å²) in [4.78, 5) is 2.25. The monoisotopic (exact) mass is 173 g/mol. The number of aliphatic hydroxyl groups is 2. The predicted molar refractivity (Wildman–Crippen MR) is 47.9 cm³/mol. The van der Waals surface area contributed by atoms with Crippen molar-refractivity contribution in [1.82, 2.24) is 4.90 Å². The average Bonchev–Trinajstić information content (AvgIpc) is 2.09. The Morgan fingerprint density at radius 3 is 2.75 bits per heavy atom. The molecule has 0 unspecified atom stereocenters. The Morgan fingerprint density at radius 1 is 1.42 bits per heavy atom. The van der Waals surface area contributed by atoms with Crippen LogP contribution in [0.3, 0.4) is 0 Å². The highest BCUT2D eigenvalue weighted by molar-refractivity contribution is 4.80. The van der Waals surface area contributed by atoms with Crippen molar-refractivity contribution in [1.29, 1.82) is 0 Å². The molecule has 0 aromatic heterocycles. The van der Waals surface area contributed by atoms with Crippen molar-refractivity contribution in [3.8, 4) is 0 Å². The molecule has 0 radical (unpaired) electrons. The van der Waals surface area contributed by atoms with Gasteiger partial charge in [-0.2, -0.15) is 0 Å². The van der Waals surface area contributed by atoms with E-state index in [1.807, 2.05) is 0 Å². The van der Waals surface area contributed by atoms with Gasteiger partial charge >= 0.3 is 0 Å². The molecule has 1 rings (SSSR count). The molecule has 12 heavy (non-hydrogen) atoms. The Balaban J connectivity index is 2.41. The minimum atomic E-state index is 0.225. The summed E-state index contributed by atoms with van der Waals surface area (Å²) in [6, 6.07) is 0.427. The Labute approximate surface area is 74.0 Å². The van der Waals surface area contributed by atoms with E-state index in [0.29, 0.717) is 12.0 Å². The minimum absolute atomic E-state index is 0.225. The third-order valence-electron chi connectivity index (χ3n) is 2.90. The minimum Gasteiger partial charge on any atom is -0.396 e. The zero-order valence-corrected chi connectivity index (χ0v) is 7.74. The van der Waals surface area contributed by atoms with E-state index in [9.17, 15) is 0 Å². The van der Waals surface area contributed by atoms with E-state index < -0.39 is 0 Å². The third kappa shape index (κ3) is 2.19. The molecule has 3 nitrogen and oxygen atoms in total. The Kier molecular flexibility index (Phi) is 3.98. The summed E-state index contributed by atoms with van der Waals surface area (Å²) in [6.07, 6.45) is 2.27. The van der Waals surface area contributed by atoms with Crippen LogP contribution in [-0.4, -0.2) is 47.5 Å². The van der Waals surface area contributed by atoms with Crippen molar-refractivity contribution in [3.05, 3.63) is 0 Å². The van der Waals surface area contributed by atoms with Gasteiger partial charge in [-0.15, -0.1) is 0 Å². The molecule has 1 heterocycles. The van der Waals surface area contributed by atoms with Crippen LogP contribution >= 0.6 is 0 Å². The number of likely N-dealkylation sites (tertiary alicyclic amines) is 1. The van der Waals surface area contributed by atoms with Gasteiger partial charge in [0.2, 0.25) is 0 Å². The zero-order chi connectivity index (χ0) is 8.97. The van der Waals surface area contributed by atoms with Crippen molar-refractivity contribution in [2.75, 3.05) is 26.3 Å². The van der Waals surface area contributed by atoms with Crippen molar-refractivity contribution in [3.63, 3.8) is 0 Å². The van der Waals surface area contributed by atoms with Crippen LogP contribution in [0.25, 0.3) is 0 Å². The maximum absolute atomic E-state index is 9.06. The lowest BCUT2D eigenvalue weighted by Gasteiger charge is -2.38. The van der Waals surface area contributed by atoms with E-state index in [1.54, 1.807) is 0 Å². The van der Waals surface area contributed by atoms with E-state index in [2.05, 4.69) is 11.8 Å². The highest BCUT2D eigenvalue weighted by Gasteiger charge is 2.26. The van der Waals surface area contributed by atoms with Crippen LogP contribution in [0.5, 0.6) is 0 Å². The third-order valence-corrected chi connectivity index (χ3v) is 2.90. The van der Waals surface area contributed by atoms with E-state index in [0.717, 1.165) is 25.9 Å². The van der Waals surface area contributed by atoms with E-state index in [1.165, 1.54) is 0 Å². The van der Waals surface area contributed by atoms with Crippen molar-refractivity contribution >= 4 is 0 Å². The standard InChI is InChI=1S/C9H19NO2/c1-8-9(7-12)3-2-4-10(8)5-6-11/h8-9,11-12H,2-7H2,1H3/t8-,9+/m1/s1. The van der Waals surface area contributed by atoms with Crippen molar-refractivity contribution in [2.24, 2.45) is 5.92 Å². The number of β-amino-alcohol motifs (C(OH)–C–C–N with tert-alkyl or cyclic N) is 1. The summed E-state index contributed by atoms with van der Waals surface area (Å²) in [7, 11) is 0. The largest absolute Gasteiger partial charge is 0.396 e. The van der Waals surface area contributed by atoms with Gasteiger partial charge in [-0.3, -0.25) is 4.90 Å². The number of hydrogen-bond acceptors (Lipinski definition) is 3. The number of piperidine rings is 1. The molecule has 0 aliphatic carbocycles. The molecule has 3 heteroatoms. The van der Waals surface area contributed by atoms with Crippen LogP contribution in [0, 0.1) is 5.92 Å². The molecule has 0 saturated carbocycles. The number of nitrogens with zero attached hydrogens (tertiary/aromatic N) is 1. The first-order chi connectivity index (χ1) is 5.79. The fourth-order valence-corrected chi connectivity index (χ4v) is 1.99. The van der Waals surface area contributed by atoms with Crippen LogP contribution in [0.4, 0.5) is 0 Å². The van der Waals surface area contributed by atoms with Crippen molar-refractivity contribution in [2.45, 2.75) is 25.8 Å². The molecule has 0 aromatic rings. The smallest absolute Gasteiger partial charge is 0.0558 e. The molecule has 1 aliphatic rings. The summed E-state index contributed by atoms with van der Waals surface area (Å²) in [5.41, 5.74) is 0. The zero-order valence-electron chi connectivity index (χ0n) is 7.74. The van der Waals surface area contributed by atoms with Crippen molar-refractivity contribution < 1.29 is 10.2 Å². The highest BCUT2D eigenvalue weighted by Crippen LogP contribution is 2.22. The average molecular weight is 173 g/mol. The summed E-state index contributed by atoms with van der Waals surface area (Å²) < 4.78 is 0. The molecular weight excluding hydrogens is 154 g/mol. The molecular formula is C9H19NO2. The van der Waals surface area contributed by atoms with Gasteiger partial charge in [0.05, 0.1) is 6.61 Å². The lowest BCUT2D eigenvalue weighted by molar-refractivity contribution is 0.0535. The first kappa shape index (κ1) is 9.96. The maximum Gasteiger partial charge on any atom is 0.0558 e. The molecule has 2 atom stereocenters. The second-order valence-electron chi connectivity index (χ2n) is 3.59. The van der Waals surface area contributed by atoms with Gasteiger partial charge < -0.3 is 10.2 Å². The van der Waals surface area contributed by atoms with Gasteiger partial charge in [0, 0.05) is 19.2 Å². The quantitative estimate of drug-likeness (QED) is 0.635. The molecule has 0 aromatic carbocycles. The van der Waals surface area contributed by atoms with Gasteiger partial charge in [-0.25, -0.2) is 0 Å². The first-order valence-corrected chi connectivity index (χ1v) is 4.75. The normalized spacial score (nSPS) is 32.2. The molecule has 0 spiro atoms. The number of hydrogen-bond donors (Lipinski definition) is 2. The summed E-state index contributed by atoms with van der Waals surface area (Å²) in [5.74, 6) is 0.408. The number of aliphatic hydroxyl groups excluding tert-OH is 2. The topological polar surface area (TPSA) is 43.7 Å². The highest BCUT2D eigenvalue weighted by atomic mass is 16.3. The lowest BCUT2D eigenvalue weighted by atomic mass is 9.91. The van der Waals surface area contributed by atoms with Gasteiger partial charge in [-0.1, -0.05) is 0 Å². The molecule has 0 amide bonds. The fourth-order valence-electron chi connectivity index (χ4n) is 1.99. The van der Waals surface area contributed by atoms with Gasteiger partial charge in [0.15, 0.2) is 0 Å². The van der Waals surface area contributed by atoms with Gasteiger partial charge in [-0.05, 0) is 32.2 Å². The van der Waals surface area contributed by atoms with E-state index in [4.69, 9.17) is 10.2 Å². The Hall–Kier alpha value is -0.120. The van der Waals surface area contributed by atoms with Crippen LogP contribution in [0.15, 0.2) is 0 Å². The second-order valence-corrected chi connectivity index (χ2v) is 3.59. The maximum atomic E-state index is 9.06. The Morgan fingerprint density at radius 2 is 2.17 bits per heavy atom. The Bertz CT molecular complexity index is 128. The van der Waals surface area contributed by atoms with E-state index in [-0.39, 0.29) is 13.2 Å². The summed E-state index contributed by atoms with van der Waals surface area (Å²) in [6.45, 7) is 4.46. The van der Waals surface area contributed by atoms with Gasteiger partial charge in [0.25, 0.3) is 0 Å². The van der Waals surface area contributed by atoms with Crippen LogP contribution in [-0.2, 0) is 0 Å².